The van der Waals surface area contributed by atoms with E-state index >= 15 is 0 Å². The molecule has 0 amide bonds. The molecule has 0 fully saturated rings. The molecule has 2 aromatic rings. The highest BCUT2D eigenvalue weighted by atomic mass is 35.5. The number of para-hydroxylation sites is 1. The molecule has 0 saturated heterocycles. The second-order valence-corrected chi connectivity index (χ2v) is 5.07. The summed E-state index contributed by atoms with van der Waals surface area (Å²) >= 11 is 5.91. The zero-order chi connectivity index (χ0) is 13.8. The predicted molar refractivity (Wildman–Crippen MR) is 76.3 cm³/mol. The normalized spacial score (nSPS) is 10.8. The van der Waals surface area contributed by atoms with Crippen molar-refractivity contribution in [1.82, 2.24) is 0 Å². The van der Waals surface area contributed by atoms with Crippen molar-refractivity contribution in [2.75, 3.05) is 0 Å². The van der Waals surface area contributed by atoms with E-state index in [0.717, 1.165) is 11.3 Å². The summed E-state index contributed by atoms with van der Waals surface area (Å²) in [6.45, 7) is 4.48. The quantitative estimate of drug-likeness (QED) is 0.748. The van der Waals surface area contributed by atoms with Gasteiger partial charge in [-0.2, -0.15) is 0 Å². The lowest BCUT2D eigenvalue weighted by Crippen LogP contribution is -2.01. The third-order valence-corrected chi connectivity index (χ3v) is 3.38. The molecule has 0 N–H and O–H groups in total. The molecule has 0 aliphatic carbocycles. The molecule has 0 radical (unpaired) electrons. The maximum atomic E-state index is 13.3. The van der Waals surface area contributed by atoms with E-state index in [0.29, 0.717) is 11.5 Å². The van der Waals surface area contributed by atoms with Crippen LogP contribution in [0.25, 0.3) is 0 Å². The maximum absolute atomic E-state index is 13.3. The van der Waals surface area contributed by atoms with Gasteiger partial charge in [-0.05, 0) is 23.6 Å². The molecule has 0 spiro atoms. The van der Waals surface area contributed by atoms with E-state index in [4.69, 9.17) is 16.3 Å². The van der Waals surface area contributed by atoms with Crippen LogP contribution in [-0.2, 0) is 6.61 Å². The van der Waals surface area contributed by atoms with Crippen molar-refractivity contribution in [2.24, 2.45) is 0 Å². The molecule has 0 aromatic heterocycles. The van der Waals surface area contributed by atoms with Crippen LogP contribution in [-0.4, -0.2) is 0 Å². The van der Waals surface area contributed by atoms with Gasteiger partial charge in [0.15, 0.2) is 0 Å². The number of hydrogen-bond acceptors (Lipinski definition) is 1. The Morgan fingerprint density at radius 3 is 2.58 bits per heavy atom. The van der Waals surface area contributed by atoms with Crippen molar-refractivity contribution >= 4 is 11.6 Å². The number of benzene rings is 2. The Kier molecular flexibility index (Phi) is 4.43. The number of halogens is 2. The van der Waals surface area contributed by atoms with Crippen molar-refractivity contribution in [3.63, 3.8) is 0 Å². The summed E-state index contributed by atoms with van der Waals surface area (Å²) in [6, 6.07) is 12.6. The summed E-state index contributed by atoms with van der Waals surface area (Å²) in [5.74, 6) is 0.775. The van der Waals surface area contributed by atoms with Crippen LogP contribution in [0.5, 0.6) is 5.75 Å². The van der Waals surface area contributed by atoms with Gasteiger partial charge < -0.3 is 4.74 Å². The molecule has 2 aromatic carbocycles. The molecule has 0 heterocycles. The van der Waals surface area contributed by atoms with Gasteiger partial charge in [0, 0.05) is 5.56 Å². The van der Waals surface area contributed by atoms with Crippen molar-refractivity contribution < 1.29 is 9.13 Å². The van der Waals surface area contributed by atoms with Crippen LogP contribution in [0, 0.1) is 5.82 Å². The van der Waals surface area contributed by atoms with Gasteiger partial charge in [0.05, 0.1) is 5.02 Å². The molecule has 0 bridgehead atoms. The number of hydrogen-bond donors (Lipinski definition) is 0. The van der Waals surface area contributed by atoms with E-state index in [1.807, 2.05) is 24.3 Å². The first kappa shape index (κ1) is 13.9. The molecule has 0 atom stereocenters. The number of ether oxygens (including phenoxy) is 1. The lowest BCUT2D eigenvalue weighted by atomic mass is 10.0. The molecule has 2 rings (SSSR count). The van der Waals surface area contributed by atoms with Crippen LogP contribution in [0.15, 0.2) is 42.5 Å². The Morgan fingerprint density at radius 1 is 1.11 bits per heavy atom. The second kappa shape index (κ2) is 6.07. The Labute approximate surface area is 118 Å². The third kappa shape index (κ3) is 3.27. The molecule has 3 heteroatoms. The standard InChI is InChI=1S/C16H16ClFO/c1-11(2)13-7-3-4-9-15(13)19-10-12-6-5-8-14(18)16(12)17/h3-9,11H,10H2,1-2H3. The van der Waals surface area contributed by atoms with Crippen LogP contribution in [0.2, 0.25) is 5.02 Å². The van der Waals surface area contributed by atoms with Gasteiger partial charge in [-0.1, -0.05) is 55.8 Å². The molecule has 0 saturated carbocycles. The van der Waals surface area contributed by atoms with Gasteiger partial charge in [-0.25, -0.2) is 4.39 Å². The van der Waals surface area contributed by atoms with E-state index in [2.05, 4.69) is 13.8 Å². The fourth-order valence-electron chi connectivity index (χ4n) is 1.90. The van der Waals surface area contributed by atoms with Gasteiger partial charge in [0.25, 0.3) is 0 Å². The minimum Gasteiger partial charge on any atom is -0.489 e. The molecule has 1 nitrogen and oxygen atoms in total. The highest BCUT2D eigenvalue weighted by Gasteiger charge is 2.09. The van der Waals surface area contributed by atoms with Gasteiger partial charge in [0.1, 0.15) is 18.2 Å². The van der Waals surface area contributed by atoms with Crippen LogP contribution in [0.1, 0.15) is 30.9 Å². The van der Waals surface area contributed by atoms with E-state index in [1.54, 1.807) is 12.1 Å². The Morgan fingerprint density at radius 2 is 1.84 bits per heavy atom. The summed E-state index contributed by atoms with van der Waals surface area (Å²) in [5.41, 5.74) is 1.79. The average molecular weight is 279 g/mol. The first-order valence-electron chi connectivity index (χ1n) is 6.24. The fourth-order valence-corrected chi connectivity index (χ4v) is 2.08. The predicted octanol–water partition coefficient (Wildman–Crippen LogP) is 5.18. The third-order valence-electron chi connectivity index (χ3n) is 2.96. The molecular formula is C16H16ClFO. The van der Waals surface area contributed by atoms with Crippen molar-refractivity contribution in [1.29, 1.82) is 0 Å². The summed E-state index contributed by atoms with van der Waals surface area (Å²) in [6.07, 6.45) is 0. The molecule has 100 valence electrons. The Hall–Kier alpha value is -1.54. The van der Waals surface area contributed by atoms with Crippen LogP contribution in [0.4, 0.5) is 4.39 Å². The fraction of sp³-hybridized carbons (Fsp3) is 0.250. The number of rotatable bonds is 4. The summed E-state index contributed by atoms with van der Waals surface area (Å²) in [5, 5.41) is 0.129. The smallest absolute Gasteiger partial charge is 0.142 e. The lowest BCUT2D eigenvalue weighted by molar-refractivity contribution is 0.301. The molecule has 0 aliphatic heterocycles. The van der Waals surface area contributed by atoms with Crippen LogP contribution >= 0.6 is 11.6 Å². The van der Waals surface area contributed by atoms with Crippen molar-refractivity contribution in [3.8, 4) is 5.75 Å². The van der Waals surface area contributed by atoms with E-state index in [9.17, 15) is 4.39 Å². The Balaban J connectivity index is 2.17. The highest BCUT2D eigenvalue weighted by Crippen LogP contribution is 2.28. The van der Waals surface area contributed by atoms with Crippen molar-refractivity contribution in [3.05, 3.63) is 64.4 Å². The minimum absolute atomic E-state index is 0.129. The van der Waals surface area contributed by atoms with Gasteiger partial charge >= 0.3 is 0 Å². The summed E-state index contributed by atoms with van der Waals surface area (Å²) in [4.78, 5) is 0. The topological polar surface area (TPSA) is 9.23 Å². The van der Waals surface area contributed by atoms with Gasteiger partial charge in [-0.3, -0.25) is 0 Å². The lowest BCUT2D eigenvalue weighted by Gasteiger charge is -2.14. The SMILES string of the molecule is CC(C)c1ccccc1OCc1cccc(F)c1Cl. The van der Waals surface area contributed by atoms with Gasteiger partial charge in [0.2, 0.25) is 0 Å². The van der Waals surface area contributed by atoms with Gasteiger partial charge in [-0.15, -0.1) is 0 Å². The first-order valence-corrected chi connectivity index (χ1v) is 6.62. The zero-order valence-electron chi connectivity index (χ0n) is 11.0. The first-order chi connectivity index (χ1) is 9.09. The molecule has 0 aliphatic rings. The monoisotopic (exact) mass is 278 g/mol. The van der Waals surface area contributed by atoms with Crippen LogP contribution < -0.4 is 4.74 Å². The second-order valence-electron chi connectivity index (χ2n) is 4.69. The molecule has 0 unspecified atom stereocenters. The zero-order valence-corrected chi connectivity index (χ0v) is 11.7. The van der Waals surface area contributed by atoms with Crippen LogP contribution in [0.3, 0.4) is 0 Å². The largest absolute Gasteiger partial charge is 0.489 e. The molecule has 19 heavy (non-hydrogen) atoms. The van der Waals surface area contributed by atoms with E-state index < -0.39 is 5.82 Å². The minimum atomic E-state index is -0.417. The highest BCUT2D eigenvalue weighted by molar-refractivity contribution is 6.31. The summed E-state index contributed by atoms with van der Waals surface area (Å²) in [7, 11) is 0. The Bertz CT molecular complexity index is 566. The molecular weight excluding hydrogens is 263 g/mol. The van der Waals surface area contributed by atoms with Crippen molar-refractivity contribution in [2.45, 2.75) is 26.4 Å². The van der Waals surface area contributed by atoms with E-state index in [1.165, 1.54) is 6.07 Å². The summed E-state index contributed by atoms with van der Waals surface area (Å²) < 4.78 is 19.1. The average Bonchev–Trinajstić information content (AvgIpc) is 2.40. The van der Waals surface area contributed by atoms with E-state index in [-0.39, 0.29) is 11.6 Å². The maximum Gasteiger partial charge on any atom is 0.142 e.